The van der Waals surface area contributed by atoms with Gasteiger partial charge in [0.05, 0.1) is 13.2 Å². The number of fused-ring (bicyclic) bond motifs is 1. The number of nitrogen functional groups attached to an aromatic ring is 1. The summed E-state index contributed by atoms with van der Waals surface area (Å²) in [4.78, 5) is 14.9. The molecule has 18 heavy (non-hydrogen) atoms. The van der Waals surface area contributed by atoms with Crippen molar-refractivity contribution in [2.75, 3.05) is 18.9 Å². The number of ether oxygens (including phenoxy) is 2. The maximum Gasteiger partial charge on any atom is 0.355 e. The number of aromatic nitrogens is 1. The molecule has 1 aliphatic rings. The molecule has 1 atom stereocenters. The molecule has 0 bridgehead atoms. The summed E-state index contributed by atoms with van der Waals surface area (Å²) >= 11 is 0. The summed E-state index contributed by atoms with van der Waals surface area (Å²) in [5.41, 5.74) is 7.69. The number of H-pyrrole nitrogens is 1. The second kappa shape index (κ2) is 4.34. The summed E-state index contributed by atoms with van der Waals surface area (Å²) in [6.07, 6.45) is 0.632. The van der Waals surface area contributed by atoms with Gasteiger partial charge in [-0.05, 0) is 24.3 Å². The molecule has 1 fully saturated rings. The second-order valence-electron chi connectivity index (χ2n) is 4.42. The second-order valence-corrected chi connectivity index (χ2v) is 4.42. The third kappa shape index (κ3) is 2.04. The van der Waals surface area contributed by atoms with Crippen LogP contribution in [0, 0.1) is 0 Å². The molecule has 1 saturated heterocycles. The van der Waals surface area contributed by atoms with Crippen molar-refractivity contribution in [1.29, 1.82) is 0 Å². The Morgan fingerprint density at radius 3 is 3.11 bits per heavy atom. The Hall–Kier alpha value is -2.01. The number of nitrogens with two attached hydrogens (primary N) is 1. The van der Waals surface area contributed by atoms with Crippen molar-refractivity contribution in [2.24, 2.45) is 0 Å². The molecular formula is C13H14N2O3. The Morgan fingerprint density at radius 1 is 1.44 bits per heavy atom. The third-order valence-electron chi connectivity index (χ3n) is 3.03. The van der Waals surface area contributed by atoms with E-state index in [1.807, 2.05) is 12.1 Å². The lowest BCUT2D eigenvalue weighted by atomic mass is 10.2. The van der Waals surface area contributed by atoms with Gasteiger partial charge >= 0.3 is 5.97 Å². The van der Waals surface area contributed by atoms with E-state index in [1.165, 1.54) is 0 Å². The fraction of sp³-hybridized carbons (Fsp3) is 0.308. The molecule has 0 amide bonds. The van der Waals surface area contributed by atoms with E-state index in [1.54, 1.807) is 12.1 Å². The molecule has 1 aromatic heterocycles. The lowest BCUT2D eigenvalue weighted by molar-refractivity contribution is 0.0265. The van der Waals surface area contributed by atoms with E-state index in [4.69, 9.17) is 15.2 Å². The molecular weight excluding hydrogens is 232 g/mol. The maximum atomic E-state index is 11.9. The van der Waals surface area contributed by atoms with Crippen molar-refractivity contribution < 1.29 is 14.3 Å². The first-order valence-corrected chi connectivity index (χ1v) is 5.89. The molecule has 2 heterocycles. The number of esters is 1. The zero-order valence-corrected chi connectivity index (χ0v) is 9.81. The van der Waals surface area contributed by atoms with E-state index in [0.717, 1.165) is 17.3 Å². The van der Waals surface area contributed by atoms with Crippen LogP contribution in [-0.2, 0) is 9.47 Å². The van der Waals surface area contributed by atoms with Crippen LogP contribution in [0.2, 0.25) is 0 Å². The van der Waals surface area contributed by atoms with E-state index in [9.17, 15) is 4.79 Å². The minimum absolute atomic E-state index is 0.131. The van der Waals surface area contributed by atoms with Crippen molar-refractivity contribution in [1.82, 2.24) is 4.98 Å². The number of hydrogen-bond donors (Lipinski definition) is 2. The minimum atomic E-state index is -0.347. The van der Waals surface area contributed by atoms with Crippen LogP contribution in [0.5, 0.6) is 0 Å². The molecule has 0 radical (unpaired) electrons. The van der Waals surface area contributed by atoms with Gasteiger partial charge in [0, 0.05) is 23.0 Å². The standard InChI is InChI=1S/C13H14N2O3/c14-9-1-2-11-8(5-9)6-12(15-11)13(16)18-10-3-4-17-7-10/h1-2,5-6,10,15H,3-4,7,14H2. The smallest absolute Gasteiger partial charge is 0.355 e. The molecule has 2 aromatic rings. The number of carbonyl (C=O) groups excluding carboxylic acids is 1. The summed E-state index contributed by atoms with van der Waals surface area (Å²) in [5.74, 6) is -0.347. The first-order chi connectivity index (χ1) is 8.72. The first kappa shape index (κ1) is 11.1. The van der Waals surface area contributed by atoms with Gasteiger partial charge in [0.25, 0.3) is 0 Å². The normalized spacial score (nSPS) is 19.2. The van der Waals surface area contributed by atoms with Crippen molar-refractivity contribution in [2.45, 2.75) is 12.5 Å². The molecule has 0 aliphatic carbocycles. The van der Waals surface area contributed by atoms with Crippen molar-refractivity contribution in [3.63, 3.8) is 0 Å². The van der Waals surface area contributed by atoms with Gasteiger partial charge in [-0.25, -0.2) is 4.79 Å². The Balaban J connectivity index is 1.82. The monoisotopic (exact) mass is 246 g/mol. The van der Waals surface area contributed by atoms with Crippen LogP contribution in [0.25, 0.3) is 10.9 Å². The zero-order valence-electron chi connectivity index (χ0n) is 9.81. The summed E-state index contributed by atoms with van der Waals surface area (Å²) < 4.78 is 10.5. The zero-order chi connectivity index (χ0) is 12.5. The number of carbonyl (C=O) groups is 1. The highest BCUT2D eigenvalue weighted by Crippen LogP contribution is 2.19. The molecule has 94 valence electrons. The Bertz CT molecular complexity index is 585. The van der Waals surface area contributed by atoms with Crippen LogP contribution in [0.4, 0.5) is 5.69 Å². The lowest BCUT2D eigenvalue weighted by Crippen LogP contribution is -2.18. The van der Waals surface area contributed by atoms with Gasteiger partial charge < -0.3 is 20.2 Å². The van der Waals surface area contributed by atoms with Crippen LogP contribution in [-0.4, -0.2) is 30.3 Å². The Morgan fingerprint density at radius 2 is 2.33 bits per heavy atom. The highest BCUT2D eigenvalue weighted by Gasteiger charge is 2.21. The van der Waals surface area contributed by atoms with Crippen LogP contribution < -0.4 is 5.73 Å². The highest BCUT2D eigenvalue weighted by molar-refractivity contribution is 5.95. The van der Waals surface area contributed by atoms with Gasteiger partial charge in [-0.1, -0.05) is 0 Å². The van der Waals surface area contributed by atoms with Gasteiger partial charge in [0.2, 0.25) is 0 Å². The number of rotatable bonds is 2. The van der Waals surface area contributed by atoms with Crippen LogP contribution >= 0.6 is 0 Å². The van der Waals surface area contributed by atoms with E-state index >= 15 is 0 Å². The van der Waals surface area contributed by atoms with Crippen molar-refractivity contribution >= 4 is 22.6 Å². The molecule has 5 heteroatoms. The maximum absolute atomic E-state index is 11.9. The van der Waals surface area contributed by atoms with Gasteiger partial charge in [-0.15, -0.1) is 0 Å². The summed E-state index contributed by atoms with van der Waals surface area (Å²) in [7, 11) is 0. The molecule has 0 spiro atoms. The molecule has 1 unspecified atom stereocenters. The fourth-order valence-corrected chi connectivity index (χ4v) is 2.08. The van der Waals surface area contributed by atoms with Gasteiger partial charge in [-0.3, -0.25) is 0 Å². The molecule has 1 aromatic carbocycles. The van der Waals surface area contributed by atoms with Crippen molar-refractivity contribution in [3.05, 3.63) is 30.0 Å². The number of nitrogens with one attached hydrogen (secondary N) is 1. The Labute approximate surface area is 104 Å². The first-order valence-electron chi connectivity index (χ1n) is 5.89. The average Bonchev–Trinajstić information content (AvgIpc) is 2.96. The molecule has 0 saturated carbocycles. The quantitative estimate of drug-likeness (QED) is 0.624. The van der Waals surface area contributed by atoms with Crippen molar-refractivity contribution in [3.8, 4) is 0 Å². The number of anilines is 1. The van der Waals surface area contributed by atoms with Crippen LogP contribution in [0.1, 0.15) is 16.9 Å². The SMILES string of the molecule is Nc1ccc2[nH]c(C(=O)OC3CCOC3)cc2c1. The third-order valence-corrected chi connectivity index (χ3v) is 3.03. The molecule has 3 rings (SSSR count). The molecule has 5 nitrogen and oxygen atoms in total. The van der Waals surface area contributed by atoms with E-state index in [0.29, 0.717) is 24.6 Å². The largest absolute Gasteiger partial charge is 0.455 e. The topological polar surface area (TPSA) is 77.3 Å². The number of hydrogen-bond acceptors (Lipinski definition) is 4. The summed E-state index contributed by atoms with van der Waals surface area (Å²) in [6.45, 7) is 1.14. The highest BCUT2D eigenvalue weighted by atomic mass is 16.6. The number of benzene rings is 1. The van der Waals surface area contributed by atoms with Gasteiger partial charge in [0.15, 0.2) is 0 Å². The van der Waals surface area contributed by atoms with E-state index < -0.39 is 0 Å². The Kier molecular flexibility index (Phi) is 2.68. The predicted molar refractivity (Wildman–Crippen MR) is 67.4 cm³/mol. The van der Waals surface area contributed by atoms with Crippen LogP contribution in [0.15, 0.2) is 24.3 Å². The number of aromatic amines is 1. The minimum Gasteiger partial charge on any atom is -0.455 e. The van der Waals surface area contributed by atoms with E-state index in [-0.39, 0.29) is 12.1 Å². The van der Waals surface area contributed by atoms with Crippen LogP contribution in [0.3, 0.4) is 0 Å². The summed E-state index contributed by atoms with van der Waals surface area (Å²) in [6, 6.07) is 7.21. The predicted octanol–water partition coefficient (Wildman–Crippen LogP) is 1.70. The summed E-state index contributed by atoms with van der Waals surface area (Å²) in [5, 5.41) is 0.907. The molecule has 3 N–H and O–H groups in total. The fourth-order valence-electron chi connectivity index (χ4n) is 2.08. The van der Waals surface area contributed by atoms with E-state index in [2.05, 4.69) is 4.98 Å². The van der Waals surface area contributed by atoms with Gasteiger partial charge in [0.1, 0.15) is 11.8 Å². The average molecular weight is 246 g/mol. The van der Waals surface area contributed by atoms with Gasteiger partial charge in [-0.2, -0.15) is 0 Å². The lowest BCUT2D eigenvalue weighted by Gasteiger charge is -2.08. The molecule has 1 aliphatic heterocycles.